The lowest BCUT2D eigenvalue weighted by Crippen LogP contribution is -2.09. The van der Waals surface area contributed by atoms with E-state index in [0.29, 0.717) is 11.5 Å². The molecule has 2 heterocycles. The van der Waals surface area contributed by atoms with Crippen molar-refractivity contribution in [2.45, 2.75) is 0 Å². The van der Waals surface area contributed by atoms with Gasteiger partial charge in [0.25, 0.3) is 0 Å². The van der Waals surface area contributed by atoms with E-state index in [1.165, 1.54) is 0 Å². The lowest BCUT2D eigenvalue weighted by atomic mass is 9.97. The second kappa shape index (κ2) is 7.48. The number of carboxylic acid groups (broad SMARTS) is 1. The number of nitrogens with zero attached hydrogens (tertiary/aromatic N) is 1. The molecule has 0 amide bonds. The highest BCUT2D eigenvalue weighted by Gasteiger charge is 2.19. The first-order valence-electron chi connectivity index (χ1n) is 8.86. The minimum atomic E-state index is -1.02. The van der Waals surface area contributed by atoms with Crippen molar-refractivity contribution in [1.82, 2.24) is 4.40 Å². The van der Waals surface area contributed by atoms with E-state index in [-0.39, 0.29) is 0 Å². The van der Waals surface area contributed by atoms with Gasteiger partial charge in [0.15, 0.2) is 6.61 Å². The number of carbonyl (C=O) groups is 1. The van der Waals surface area contributed by atoms with Crippen LogP contribution in [0.2, 0.25) is 0 Å². The number of methoxy groups -OCH3 is 1. The fourth-order valence-electron chi connectivity index (χ4n) is 3.39. The lowest BCUT2D eigenvalue weighted by Gasteiger charge is -2.13. The van der Waals surface area contributed by atoms with E-state index >= 15 is 0 Å². The Morgan fingerprint density at radius 1 is 0.929 bits per heavy atom. The first kappa shape index (κ1) is 17.7. The first-order valence-corrected chi connectivity index (χ1v) is 8.86. The van der Waals surface area contributed by atoms with E-state index in [4.69, 9.17) is 14.6 Å². The number of ether oxygens (including phenoxy) is 2. The number of aliphatic carboxylic acids is 1. The van der Waals surface area contributed by atoms with Crippen LogP contribution in [0.5, 0.6) is 11.5 Å². The summed E-state index contributed by atoms with van der Waals surface area (Å²) >= 11 is 0. The molecule has 0 aliphatic heterocycles. The van der Waals surface area contributed by atoms with Gasteiger partial charge < -0.3 is 19.0 Å². The molecule has 1 N–H and O–H groups in total. The van der Waals surface area contributed by atoms with Gasteiger partial charge in [-0.15, -0.1) is 0 Å². The average Bonchev–Trinajstić information content (AvgIpc) is 3.12. The van der Waals surface area contributed by atoms with E-state index in [1.807, 2.05) is 53.1 Å². The predicted molar refractivity (Wildman–Crippen MR) is 108 cm³/mol. The Bertz CT molecular complexity index is 1130. The van der Waals surface area contributed by atoms with E-state index in [1.54, 1.807) is 13.2 Å². The van der Waals surface area contributed by atoms with Crippen LogP contribution in [0.1, 0.15) is 0 Å². The zero-order valence-corrected chi connectivity index (χ0v) is 15.3. The molecule has 0 aliphatic carbocycles. The molecule has 5 nitrogen and oxygen atoms in total. The van der Waals surface area contributed by atoms with Gasteiger partial charge in [0.1, 0.15) is 11.5 Å². The summed E-state index contributed by atoms with van der Waals surface area (Å²) in [7, 11) is 1.63. The topological polar surface area (TPSA) is 60.2 Å². The third-order valence-corrected chi connectivity index (χ3v) is 4.57. The summed E-state index contributed by atoms with van der Waals surface area (Å²) < 4.78 is 13.1. The molecule has 4 aromatic rings. The molecule has 0 saturated heterocycles. The van der Waals surface area contributed by atoms with Crippen molar-refractivity contribution in [2.75, 3.05) is 13.7 Å². The van der Waals surface area contributed by atoms with Crippen LogP contribution in [0.25, 0.3) is 27.9 Å². The summed E-state index contributed by atoms with van der Waals surface area (Å²) in [5, 5.41) is 8.94. The molecule has 0 bridgehead atoms. The molecule has 140 valence electrons. The van der Waals surface area contributed by atoms with Crippen molar-refractivity contribution in [3.8, 4) is 33.9 Å². The predicted octanol–water partition coefficient (Wildman–Crippen LogP) is 4.75. The Morgan fingerprint density at radius 2 is 1.64 bits per heavy atom. The number of benzene rings is 2. The third kappa shape index (κ3) is 3.18. The Kier molecular flexibility index (Phi) is 4.72. The highest BCUT2D eigenvalue weighted by Crippen LogP contribution is 2.41. The molecule has 4 rings (SSSR count). The fourth-order valence-corrected chi connectivity index (χ4v) is 3.39. The van der Waals surface area contributed by atoms with Crippen molar-refractivity contribution in [2.24, 2.45) is 0 Å². The summed E-state index contributed by atoms with van der Waals surface area (Å²) in [4.78, 5) is 10.9. The molecular weight excluding hydrogens is 354 g/mol. The number of hydrogen-bond donors (Lipinski definition) is 1. The molecule has 0 unspecified atom stereocenters. The van der Waals surface area contributed by atoms with E-state index in [0.717, 1.165) is 27.9 Å². The lowest BCUT2D eigenvalue weighted by molar-refractivity contribution is -0.139. The highest BCUT2D eigenvalue weighted by atomic mass is 16.5. The normalized spacial score (nSPS) is 10.8. The number of hydrogen-bond acceptors (Lipinski definition) is 3. The van der Waals surface area contributed by atoms with Crippen LogP contribution in [0.15, 0.2) is 79.0 Å². The van der Waals surface area contributed by atoms with Crippen LogP contribution in [0.3, 0.4) is 0 Å². The summed E-state index contributed by atoms with van der Waals surface area (Å²) in [6, 6.07) is 23.7. The molecule has 0 aliphatic rings. The Labute approximate surface area is 162 Å². The zero-order chi connectivity index (χ0) is 19.5. The molecule has 0 radical (unpaired) electrons. The van der Waals surface area contributed by atoms with Gasteiger partial charge >= 0.3 is 5.97 Å². The minimum Gasteiger partial charge on any atom is -0.494 e. The monoisotopic (exact) mass is 373 g/mol. The maximum Gasteiger partial charge on any atom is 0.341 e. The fraction of sp³-hybridized carbons (Fsp3) is 0.0870. The average molecular weight is 373 g/mol. The van der Waals surface area contributed by atoms with Crippen molar-refractivity contribution >= 4 is 11.5 Å². The van der Waals surface area contributed by atoms with Gasteiger partial charge in [-0.25, -0.2) is 4.79 Å². The number of pyridine rings is 1. The SMILES string of the molecule is COc1cc2c(OCC(=O)O)cccn2c1-c1ccccc1-c1ccccc1. The van der Waals surface area contributed by atoms with Gasteiger partial charge in [0.05, 0.1) is 18.3 Å². The van der Waals surface area contributed by atoms with Crippen molar-refractivity contribution in [3.63, 3.8) is 0 Å². The maximum atomic E-state index is 10.9. The largest absolute Gasteiger partial charge is 0.494 e. The number of fused-ring (bicyclic) bond motifs is 1. The molecule has 5 heteroatoms. The highest BCUT2D eigenvalue weighted by molar-refractivity contribution is 5.88. The number of aromatic nitrogens is 1. The van der Waals surface area contributed by atoms with E-state index in [2.05, 4.69) is 24.3 Å². The van der Waals surface area contributed by atoms with Gasteiger partial charge in [0.2, 0.25) is 0 Å². The first-order chi connectivity index (χ1) is 13.7. The molecule has 0 atom stereocenters. The Hall–Kier alpha value is -3.73. The van der Waals surface area contributed by atoms with Crippen LogP contribution in [0, 0.1) is 0 Å². The number of carboxylic acids is 1. The molecule has 0 fully saturated rings. The molecular formula is C23H19NO4. The number of rotatable bonds is 6. The van der Waals surface area contributed by atoms with Crippen LogP contribution >= 0.6 is 0 Å². The standard InChI is InChI=1S/C23H19NO4/c1-27-21-14-19-20(28-15-22(25)26)12-7-13-24(19)23(21)18-11-6-5-10-17(18)16-8-3-2-4-9-16/h2-14H,15H2,1H3,(H,25,26). The zero-order valence-electron chi connectivity index (χ0n) is 15.3. The molecule has 0 saturated carbocycles. The third-order valence-electron chi connectivity index (χ3n) is 4.57. The minimum absolute atomic E-state index is 0.400. The molecule has 2 aromatic heterocycles. The van der Waals surface area contributed by atoms with E-state index in [9.17, 15) is 4.79 Å². The summed E-state index contributed by atoms with van der Waals surface area (Å²) in [6.07, 6.45) is 1.92. The van der Waals surface area contributed by atoms with Crippen molar-refractivity contribution in [3.05, 3.63) is 79.0 Å². The van der Waals surface area contributed by atoms with Crippen LogP contribution < -0.4 is 9.47 Å². The smallest absolute Gasteiger partial charge is 0.341 e. The van der Waals surface area contributed by atoms with Gasteiger partial charge in [0, 0.05) is 17.8 Å². The Balaban J connectivity index is 1.93. The molecule has 0 spiro atoms. The second-order valence-electron chi connectivity index (χ2n) is 6.28. The Morgan fingerprint density at radius 3 is 2.36 bits per heavy atom. The molecule has 2 aromatic carbocycles. The quantitative estimate of drug-likeness (QED) is 0.530. The van der Waals surface area contributed by atoms with Crippen LogP contribution in [0.4, 0.5) is 0 Å². The van der Waals surface area contributed by atoms with Gasteiger partial charge in [-0.1, -0.05) is 54.6 Å². The van der Waals surface area contributed by atoms with Crippen molar-refractivity contribution < 1.29 is 19.4 Å². The summed E-state index contributed by atoms with van der Waals surface area (Å²) in [5.41, 5.74) is 4.84. The second-order valence-corrected chi connectivity index (χ2v) is 6.28. The summed E-state index contributed by atoms with van der Waals surface area (Å²) in [5.74, 6) is 0.163. The molecule has 28 heavy (non-hydrogen) atoms. The van der Waals surface area contributed by atoms with Gasteiger partial charge in [-0.05, 0) is 23.3 Å². The van der Waals surface area contributed by atoms with Crippen LogP contribution in [-0.2, 0) is 4.79 Å². The van der Waals surface area contributed by atoms with E-state index < -0.39 is 12.6 Å². The summed E-state index contributed by atoms with van der Waals surface area (Å²) in [6.45, 7) is -0.400. The maximum absolute atomic E-state index is 10.9. The van der Waals surface area contributed by atoms with Crippen LogP contribution in [-0.4, -0.2) is 29.2 Å². The van der Waals surface area contributed by atoms with Gasteiger partial charge in [-0.2, -0.15) is 0 Å². The van der Waals surface area contributed by atoms with Gasteiger partial charge in [-0.3, -0.25) is 0 Å². The van der Waals surface area contributed by atoms with Crippen molar-refractivity contribution in [1.29, 1.82) is 0 Å².